The van der Waals surface area contributed by atoms with E-state index in [0.29, 0.717) is 13.0 Å². The van der Waals surface area contributed by atoms with E-state index in [2.05, 4.69) is 5.32 Å². The lowest BCUT2D eigenvalue weighted by atomic mass is 9.99. The van der Waals surface area contributed by atoms with Crippen molar-refractivity contribution in [3.8, 4) is 0 Å². The molecule has 1 aliphatic rings. The lowest BCUT2D eigenvalue weighted by molar-refractivity contribution is 0.193. The summed E-state index contributed by atoms with van der Waals surface area (Å²) in [5.74, 6) is -0.214. The van der Waals surface area contributed by atoms with Crippen molar-refractivity contribution in [2.75, 3.05) is 6.54 Å². The highest BCUT2D eigenvalue weighted by atomic mass is 19.1. The van der Waals surface area contributed by atoms with Crippen LogP contribution in [0.15, 0.2) is 18.2 Å². The van der Waals surface area contributed by atoms with Crippen molar-refractivity contribution in [1.82, 2.24) is 5.32 Å². The highest BCUT2D eigenvalue weighted by molar-refractivity contribution is 5.30. The minimum Gasteiger partial charge on any atom is -0.392 e. The predicted molar refractivity (Wildman–Crippen MR) is 52.5 cm³/mol. The number of rotatable bonds is 1. The van der Waals surface area contributed by atoms with Crippen LogP contribution in [-0.2, 0) is 0 Å². The number of hydrogen-bond acceptors (Lipinski definition) is 2. The monoisotopic (exact) mass is 195 g/mol. The number of β-amino-alcohol motifs (C(OH)–C–C–N with tert-alkyl or cyclic N) is 1. The normalized spacial score (nSPS) is 26.8. The Hall–Kier alpha value is -0.930. The van der Waals surface area contributed by atoms with Crippen LogP contribution in [0.1, 0.15) is 23.6 Å². The van der Waals surface area contributed by atoms with E-state index in [4.69, 9.17) is 0 Å². The third kappa shape index (κ3) is 1.79. The molecule has 2 unspecified atom stereocenters. The molecule has 0 saturated carbocycles. The Bertz CT molecular complexity index is 340. The number of halogens is 1. The largest absolute Gasteiger partial charge is 0.392 e. The van der Waals surface area contributed by atoms with Crippen molar-refractivity contribution in [1.29, 1.82) is 0 Å². The summed E-state index contributed by atoms with van der Waals surface area (Å²) in [6.45, 7) is 2.56. The zero-order chi connectivity index (χ0) is 10.1. The maximum absolute atomic E-state index is 13.0. The van der Waals surface area contributed by atoms with E-state index in [-0.39, 0.29) is 18.0 Å². The second-order valence-electron chi connectivity index (χ2n) is 3.85. The van der Waals surface area contributed by atoms with Gasteiger partial charge in [0.05, 0.1) is 6.10 Å². The number of nitrogens with one attached hydrogen (secondary N) is 1. The Morgan fingerprint density at radius 1 is 1.50 bits per heavy atom. The van der Waals surface area contributed by atoms with Crippen molar-refractivity contribution in [2.45, 2.75) is 25.5 Å². The van der Waals surface area contributed by atoms with Crippen LogP contribution in [0.2, 0.25) is 0 Å². The second kappa shape index (κ2) is 3.67. The van der Waals surface area contributed by atoms with Crippen molar-refractivity contribution in [3.63, 3.8) is 0 Å². The van der Waals surface area contributed by atoms with Crippen LogP contribution in [-0.4, -0.2) is 17.8 Å². The fraction of sp³-hybridized carbons (Fsp3) is 0.455. The molecular weight excluding hydrogens is 181 g/mol. The topological polar surface area (TPSA) is 32.3 Å². The van der Waals surface area contributed by atoms with Gasteiger partial charge in [-0.2, -0.15) is 0 Å². The Labute approximate surface area is 82.8 Å². The van der Waals surface area contributed by atoms with Crippen molar-refractivity contribution < 1.29 is 9.50 Å². The zero-order valence-electron chi connectivity index (χ0n) is 8.13. The molecule has 2 N–H and O–H groups in total. The number of benzene rings is 1. The molecule has 0 spiro atoms. The SMILES string of the molecule is Cc1ccc(F)cc1C1CC(O)CN1. The molecule has 3 heteroatoms. The zero-order valence-corrected chi connectivity index (χ0v) is 8.13. The molecule has 0 radical (unpaired) electrons. The van der Waals surface area contributed by atoms with Crippen molar-refractivity contribution in [3.05, 3.63) is 35.1 Å². The lowest BCUT2D eigenvalue weighted by Gasteiger charge is -2.13. The highest BCUT2D eigenvalue weighted by Gasteiger charge is 2.24. The lowest BCUT2D eigenvalue weighted by Crippen LogP contribution is -2.15. The van der Waals surface area contributed by atoms with Gasteiger partial charge in [-0.25, -0.2) is 4.39 Å². The van der Waals surface area contributed by atoms with Crippen LogP contribution in [0.4, 0.5) is 4.39 Å². The average molecular weight is 195 g/mol. The maximum Gasteiger partial charge on any atom is 0.123 e. The summed E-state index contributed by atoms with van der Waals surface area (Å²) >= 11 is 0. The van der Waals surface area contributed by atoms with Gasteiger partial charge >= 0.3 is 0 Å². The van der Waals surface area contributed by atoms with Gasteiger partial charge in [0.1, 0.15) is 5.82 Å². The molecule has 1 aromatic rings. The number of aliphatic hydroxyl groups excluding tert-OH is 1. The summed E-state index contributed by atoms with van der Waals surface area (Å²) in [6, 6.07) is 4.88. The molecule has 1 fully saturated rings. The minimum atomic E-state index is -0.303. The molecule has 1 aliphatic heterocycles. The minimum absolute atomic E-state index is 0.0979. The first-order valence-corrected chi connectivity index (χ1v) is 4.84. The van der Waals surface area contributed by atoms with Crippen molar-refractivity contribution in [2.24, 2.45) is 0 Å². The first-order chi connectivity index (χ1) is 6.66. The number of aliphatic hydroxyl groups is 1. The molecule has 0 amide bonds. The predicted octanol–water partition coefficient (Wildman–Crippen LogP) is 1.53. The Balaban J connectivity index is 2.27. The van der Waals surface area contributed by atoms with E-state index in [1.165, 1.54) is 6.07 Å². The first-order valence-electron chi connectivity index (χ1n) is 4.84. The molecule has 2 rings (SSSR count). The highest BCUT2D eigenvalue weighted by Crippen LogP contribution is 2.26. The molecular formula is C11H14FNO. The van der Waals surface area contributed by atoms with Gasteiger partial charge in [0, 0.05) is 12.6 Å². The van der Waals surface area contributed by atoms with E-state index < -0.39 is 0 Å². The molecule has 1 aromatic carbocycles. The number of hydrogen-bond donors (Lipinski definition) is 2. The van der Waals surface area contributed by atoms with E-state index in [1.807, 2.05) is 6.92 Å². The molecule has 2 nitrogen and oxygen atoms in total. The molecule has 1 heterocycles. The average Bonchev–Trinajstić information content (AvgIpc) is 2.56. The summed E-state index contributed by atoms with van der Waals surface area (Å²) in [6.07, 6.45) is 0.368. The van der Waals surface area contributed by atoms with Gasteiger partial charge in [-0.3, -0.25) is 0 Å². The maximum atomic E-state index is 13.0. The molecule has 1 saturated heterocycles. The third-order valence-corrected chi connectivity index (χ3v) is 2.72. The summed E-state index contributed by atoms with van der Waals surface area (Å²) < 4.78 is 13.0. The van der Waals surface area contributed by atoms with Crippen LogP contribution >= 0.6 is 0 Å². The second-order valence-corrected chi connectivity index (χ2v) is 3.85. The van der Waals surface area contributed by atoms with Crippen LogP contribution in [0.3, 0.4) is 0 Å². The smallest absolute Gasteiger partial charge is 0.123 e. The van der Waals surface area contributed by atoms with Gasteiger partial charge in [0.15, 0.2) is 0 Å². The quantitative estimate of drug-likeness (QED) is 0.712. The first kappa shape index (κ1) is 9.62. The van der Waals surface area contributed by atoms with E-state index in [1.54, 1.807) is 12.1 Å². The molecule has 2 atom stereocenters. The van der Waals surface area contributed by atoms with Gasteiger partial charge in [-0.05, 0) is 36.6 Å². The number of aryl methyl sites for hydroxylation is 1. The fourth-order valence-corrected chi connectivity index (χ4v) is 1.94. The van der Waals surface area contributed by atoms with Gasteiger partial charge in [-0.1, -0.05) is 6.07 Å². The Morgan fingerprint density at radius 3 is 2.93 bits per heavy atom. The van der Waals surface area contributed by atoms with Gasteiger partial charge < -0.3 is 10.4 Å². The van der Waals surface area contributed by atoms with Crippen molar-refractivity contribution >= 4 is 0 Å². The molecule has 76 valence electrons. The third-order valence-electron chi connectivity index (χ3n) is 2.72. The van der Waals surface area contributed by atoms with Crippen LogP contribution in [0.25, 0.3) is 0 Å². The Morgan fingerprint density at radius 2 is 2.29 bits per heavy atom. The van der Waals surface area contributed by atoms with E-state index in [0.717, 1.165) is 11.1 Å². The van der Waals surface area contributed by atoms with Gasteiger partial charge in [0.25, 0.3) is 0 Å². The van der Waals surface area contributed by atoms with E-state index >= 15 is 0 Å². The molecule has 0 bridgehead atoms. The summed E-state index contributed by atoms with van der Waals surface area (Å²) in [7, 11) is 0. The Kier molecular flexibility index (Phi) is 2.52. The standard InChI is InChI=1S/C11H14FNO/c1-7-2-3-8(12)4-10(7)11-5-9(14)6-13-11/h2-4,9,11,13-14H,5-6H2,1H3. The van der Waals surface area contributed by atoms with Gasteiger partial charge in [-0.15, -0.1) is 0 Å². The summed E-state index contributed by atoms with van der Waals surface area (Å²) in [4.78, 5) is 0. The van der Waals surface area contributed by atoms with Crippen LogP contribution < -0.4 is 5.32 Å². The molecule has 0 aromatic heterocycles. The molecule has 0 aliphatic carbocycles. The fourth-order valence-electron chi connectivity index (χ4n) is 1.94. The van der Waals surface area contributed by atoms with Crippen LogP contribution in [0, 0.1) is 12.7 Å². The van der Waals surface area contributed by atoms with Crippen LogP contribution in [0.5, 0.6) is 0 Å². The van der Waals surface area contributed by atoms with E-state index in [9.17, 15) is 9.50 Å². The summed E-state index contributed by atoms with van der Waals surface area (Å²) in [5.41, 5.74) is 2.03. The summed E-state index contributed by atoms with van der Waals surface area (Å²) in [5, 5.41) is 12.5. The van der Waals surface area contributed by atoms with Gasteiger partial charge in [0.2, 0.25) is 0 Å². The molecule has 14 heavy (non-hydrogen) atoms.